The zero-order valence-electron chi connectivity index (χ0n) is 13.0. The van der Waals surface area contributed by atoms with E-state index in [1.165, 1.54) is 25.7 Å². The van der Waals surface area contributed by atoms with Gasteiger partial charge in [0.1, 0.15) is 5.60 Å². The summed E-state index contributed by atoms with van der Waals surface area (Å²) >= 11 is 0. The first-order valence-electron chi connectivity index (χ1n) is 7.32. The Bertz CT molecular complexity index is 278. The van der Waals surface area contributed by atoms with Crippen LogP contribution in [0.15, 0.2) is 0 Å². The highest BCUT2D eigenvalue weighted by atomic mass is 16.6. The molecule has 0 aromatic rings. The number of rotatable bonds is 3. The van der Waals surface area contributed by atoms with E-state index >= 15 is 0 Å². The quantitative estimate of drug-likeness (QED) is 0.690. The number of hydrogen-bond acceptors (Lipinski definition) is 2. The van der Waals surface area contributed by atoms with Gasteiger partial charge < -0.3 is 4.74 Å². The Kier molecular flexibility index (Phi) is 4.85. The second-order valence-electron chi connectivity index (χ2n) is 7.77. The molecule has 0 N–H and O–H groups in total. The molecule has 0 amide bonds. The zero-order valence-corrected chi connectivity index (χ0v) is 13.0. The Balaban J connectivity index is 2.51. The molecule has 106 valence electrons. The van der Waals surface area contributed by atoms with Crippen LogP contribution in [0.25, 0.3) is 0 Å². The topological polar surface area (TPSA) is 26.3 Å². The third-order valence-electron chi connectivity index (χ3n) is 4.05. The molecule has 1 aliphatic rings. The van der Waals surface area contributed by atoms with Crippen LogP contribution < -0.4 is 0 Å². The Labute approximate surface area is 112 Å². The van der Waals surface area contributed by atoms with Crippen LogP contribution in [0.4, 0.5) is 0 Å². The van der Waals surface area contributed by atoms with Crippen LogP contribution in [0.3, 0.4) is 0 Å². The number of carbonyl (C=O) groups is 1. The summed E-state index contributed by atoms with van der Waals surface area (Å²) in [5.41, 5.74) is -0.295. The first-order valence-corrected chi connectivity index (χ1v) is 7.32. The first-order chi connectivity index (χ1) is 8.10. The lowest BCUT2D eigenvalue weighted by Gasteiger charge is -2.38. The standard InChI is InChI=1S/C16H30O2/c1-12-7-9-13(10-8-12)16(5,6)18-14(17)11-15(2,3)4/h12-13H,7-11H2,1-6H3. The van der Waals surface area contributed by atoms with Crippen molar-refractivity contribution >= 4 is 5.97 Å². The summed E-state index contributed by atoms with van der Waals surface area (Å²) in [6, 6.07) is 0. The van der Waals surface area contributed by atoms with Gasteiger partial charge in [-0.25, -0.2) is 0 Å². The van der Waals surface area contributed by atoms with Gasteiger partial charge in [0.15, 0.2) is 0 Å². The van der Waals surface area contributed by atoms with Crippen molar-refractivity contribution in [2.45, 2.75) is 79.2 Å². The molecule has 1 fully saturated rings. The summed E-state index contributed by atoms with van der Waals surface area (Å²) in [6.07, 6.45) is 5.42. The molecule has 0 unspecified atom stereocenters. The number of hydrogen-bond donors (Lipinski definition) is 0. The van der Waals surface area contributed by atoms with E-state index in [1.54, 1.807) is 0 Å². The summed E-state index contributed by atoms with van der Waals surface area (Å²) in [7, 11) is 0. The molecule has 0 bridgehead atoms. The highest BCUT2D eigenvalue weighted by molar-refractivity contribution is 5.70. The Morgan fingerprint density at radius 2 is 1.56 bits per heavy atom. The molecule has 18 heavy (non-hydrogen) atoms. The van der Waals surface area contributed by atoms with Crippen molar-refractivity contribution in [1.29, 1.82) is 0 Å². The highest BCUT2D eigenvalue weighted by Gasteiger charge is 2.35. The maximum Gasteiger partial charge on any atom is 0.306 e. The van der Waals surface area contributed by atoms with E-state index in [0.717, 1.165) is 5.92 Å². The zero-order chi connectivity index (χ0) is 14.0. The minimum atomic E-state index is -0.303. The second-order valence-corrected chi connectivity index (χ2v) is 7.77. The average Bonchev–Trinajstić information content (AvgIpc) is 2.13. The van der Waals surface area contributed by atoms with Gasteiger partial charge in [0.2, 0.25) is 0 Å². The Morgan fingerprint density at radius 1 is 1.06 bits per heavy atom. The molecule has 0 aliphatic heterocycles. The summed E-state index contributed by atoms with van der Waals surface area (Å²) in [6.45, 7) is 12.7. The minimum Gasteiger partial charge on any atom is -0.459 e. The van der Waals surface area contributed by atoms with Crippen molar-refractivity contribution in [2.75, 3.05) is 0 Å². The van der Waals surface area contributed by atoms with Gasteiger partial charge in [0.05, 0.1) is 6.42 Å². The molecular formula is C16H30O2. The summed E-state index contributed by atoms with van der Waals surface area (Å²) in [4.78, 5) is 12.0. The van der Waals surface area contributed by atoms with Crippen molar-refractivity contribution in [3.05, 3.63) is 0 Å². The molecule has 1 rings (SSSR count). The van der Waals surface area contributed by atoms with Gasteiger partial charge in [0, 0.05) is 0 Å². The average molecular weight is 254 g/mol. The second kappa shape index (κ2) is 5.63. The summed E-state index contributed by atoms with van der Waals surface area (Å²) < 4.78 is 5.75. The molecule has 2 nitrogen and oxygen atoms in total. The predicted molar refractivity (Wildman–Crippen MR) is 75.4 cm³/mol. The molecule has 2 heteroatoms. The maximum absolute atomic E-state index is 12.0. The van der Waals surface area contributed by atoms with Crippen LogP contribution in [0.1, 0.15) is 73.6 Å². The van der Waals surface area contributed by atoms with E-state index < -0.39 is 0 Å². The molecular weight excluding hydrogens is 224 g/mol. The fourth-order valence-corrected chi connectivity index (χ4v) is 2.80. The Morgan fingerprint density at radius 3 is 2.00 bits per heavy atom. The SMILES string of the molecule is CC1CCC(C(C)(C)OC(=O)CC(C)(C)C)CC1. The fraction of sp³-hybridized carbons (Fsp3) is 0.938. The molecule has 0 aromatic carbocycles. The van der Waals surface area contributed by atoms with E-state index in [4.69, 9.17) is 4.74 Å². The molecule has 0 aromatic heterocycles. The van der Waals surface area contributed by atoms with Crippen LogP contribution in [-0.2, 0) is 9.53 Å². The molecule has 0 saturated heterocycles. The van der Waals surface area contributed by atoms with E-state index in [0.29, 0.717) is 12.3 Å². The van der Waals surface area contributed by atoms with Gasteiger partial charge in [-0.15, -0.1) is 0 Å². The van der Waals surface area contributed by atoms with Crippen LogP contribution in [0, 0.1) is 17.3 Å². The summed E-state index contributed by atoms with van der Waals surface area (Å²) in [5, 5.41) is 0. The lowest BCUT2D eigenvalue weighted by Crippen LogP contribution is -2.39. The molecule has 1 saturated carbocycles. The molecule has 0 heterocycles. The lowest BCUT2D eigenvalue weighted by molar-refractivity contribution is -0.165. The van der Waals surface area contributed by atoms with Gasteiger partial charge in [-0.3, -0.25) is 4.79 Å². The van der Waals surface area contributed by atoms with Gasteiger partial charge in [-0.2, -0.15) is 0 Å². The smallest absolute Gasteiger partial charge is 0.306 e. The fourth-order valence-electron chi connectivity index (χ4n) is 2.80. The number of carbonyl (C=O) groups excluding carboxylic acids is 1. The normalized spacial score (nSPS) is 25.9. The first kappa shape index (κ1) is 15.5. The van der Waals surface area contributed by atoms with Gasteiger partial charge >= 0.3 is 5.97 Å². The van der Waals surface area contributed by atoms with Crippen LogP contribution in [0.5, 0.6) is 0 Å². The van der Waals surface area contributed by atoms with Crippen molar-refractivity contribution in [2.24, 2.45) is 17.3 Å². The van der Waals surface area contributed by atoms with Crippen molar-refractivity contribution in [1.82, 2.24) is 0 Å². The van der Waals surface area contributed by atoms with Crippen LogP contribution in [0.2, 0.25) is 0 Å². The van der Waals surface area contributed by atoms with Crippen LogP contribution >= 0.6 is 0 Å². The molecule has 0 radical (unpaired) electrons. The molecule has 1 aliphatic carbocycles. The van der Waals surface area contributed by atoms with Crippen molar-refractivity contribution in [3.8, 4) is 0 Å². The van der Waals surface area contributed by atoms with E-state index in [1.807, 2.05) is 0 Å². The minimum absolute atomic E-state index is 0.00818. The van der Waals surface area contributed by atoms with Gasteiger partial charge in [-0.05, 0) is 43.9 Å². The third-order valence-corrected chi connectivity index (χ3v) is 4.05. The largest absolute Gasteiger partial charge is 0.459 e. The van der Waals surface area contributed by atoms with Crippen molar-refractivity contribution in [3.63, 3.8) is 0 Å². The van der Waals surface area contributed by atoms with Crippen LogP contribution in [-0.4, -0.2) is 11.6 Å². The Hall–Kier alpha value is -0.530. The maximum atomic E-state index is 12.0. The monoisotopic (exact) mass is 254 g/mol. The predicted octanol–water partition coefficient (Wildman–Crippen LogP) is 4.57. The van der Waals surface area contributed by atoms with E-state index in [2.05, 4.69) is 41.5 Å². The number of esters is 1. The lowest BCUT2D eigenvalue weighted by atomic mass is 9.75. The van der Waals surface area contributed by atoms with Gasteiger partial charge in [0.25, 0.3) is 0 Å². The van der Waals surface area contributed by atoms with E-state index in [9.17, 15) is 4.79 Å². The van der Waals surface area contributed by atoms with Crippen molar-refractivity contribution < 1.29 is 9.53 Å². The molecule has 0 atom stereocenters. The summed E-state index contributed by atoms with van der Waals surface area (Å²) in [5.74, 6) is 1.31. The third kappa shape index (κ3) is 4.99. The molecule has 0 spiro atoms. The van der Waals surface area contributed by atoms with E-state index in [-0.39, 0.29) is 17.0 Å². The van der Waals surface area contributed by atoms with Gasteiger partial charge in [-0.1, -0.05) is 40.5 Å². The highest BCUT2D eigenvalue weighted by Crippen LogP contribution is 2.37. The number of ether oxygens (including phenoxy) is 1.